The topological polar surface area (TPSA) is 96.0 Å². The van der Waals surface area contributed by atoms with Gasteiger partial charge in [0.05, 0.1) is 17.7 Å². The first-order chi connectivity index (χ1) is 18.4. The lowest BCUT2D eigenvalue weighted by atomic mass is 10.1. The average Bonchev–Trinajstić information content (AvgIpc) is 2.90. The Balaban J connectivity index is 2.03. The van der Waals surface area contributed by atoms with Gasteiger partial charge >= 0.3 is 0 Å². The highest BCUT2D eigenvalue weighted by molar-refractivity contribution is 7.92. The zero-order valence-corrected chi connectivity index (χ0v) is 24.2. The summed E-state index contributed by atoms with van der Waals surface area (Å²) in [7, 11) is -2.54. The van der Waals surface area contributed by atoms with Crippen molar-refractivity contribution in [3.63, 3.8) is 0 Å². The molecule has 2 amide bonds. The van der Waals surface area contributed by atoms with E-state index in [0.29, 0.717) is 11.4 Å². The summed E-state index contributed by atoms with van der Waals surface area (Å²) >= 11 is 0. The summed E-state index contributed by atoms with van der Waals surface area (Å²) < 4.78 is 34.1. The Morgan fingerprint density at radius 2 is 1.49 bits per heavy atom. The molecule has 0 aromatic heterocycles. The molecule has 3 aromatic rings. The van der Waals surface area contributed by atoms with E-state index in [2.05, 4.69) is 5.32 Å². The van der Waals surface area contributed by atoms with Gasteiger partial charge < -0.3 is 15.0 Å². The lowest BCUT2D eigenvalue weighted by Gasteiger charge is -2.32. The molecule has 0 saturated carbocycles. The third-order valence-electron chi connectivity index (χ3n) is 6.30. The summed E-state index contributed by atoms with van der Waals surface area (Å²) in [5.41, 5.74) is 2.98. The lowest BCUT2D eigenvalue weighted by molar-refractivity contribution is -0.139. The maximum absolute atomic E-state index is 13.9. The van der Waals surface area contributed by atoms with Gasteiger partial charge in [-0.2, -0.15) is 0 Å². The summed E-state index contributed by atoms with van der Waals surface area (Å²) in [6.07, 6.45) is 0. The van der Waals surface area contributed by atoms with Crippen LogP contribution in [-0.2, 0) is 26.2 Å². The van der Waals surface area contributed by atoms with E-state index in [0.717, 1.165) is 21.0 Å². The van der Waals surface area contributed by atoms with Crippen LogP contribution in [0.4, 0.5) is 5.69 Å². The van der Waals surface area contributed by atoms with E-state index in [1.807, 2.05) is 33.8 Å². The Bertz CT molecular complexity index is 1390. The Kier molecular flexibility index (Phi) is 9.75. The molecule has 9 heteroatoms. The predicted octanol–water partition coefficient (Wildman–Crippen LogP) is 4.45. The molecule has 0 unspecified atom stereocenters. The predicted molar refractivity (Wildman–Crippen MR) is 153 cm³/mol. The zero-order chi connectivity index (χ0) is 28.7. The van der Waals surface area contributed by atoms with Crippen molar-refractivity contribution in [3.05, 3.63) is 89.5 Å². The fourth-order valence-electron chi connectivity index (χ4n) is 4.03. The van der Waals surface area contributed by atoms with E-state index >= 15 is 0 Å². The quantitative estimate of drug-likeness (QED) is 0.380. The highest BCUT2D eigenvalue weighted by atomic mass is 32.2. The number of aryl methyl sites for hydroxylation is 2. The molecule has 8 nitrogen and oxygen atoms in total. The summed E-state index contributed by atoms with van der Waals surface area (Å²) in [4.78, 5) is 28.4. The largest absolute Gasteiger partial charge is 0.497 e. The standard InChI is InChI=1S/C30H37N3O5S/c1-21(2)31-30(35)24(5)32(19-25-8-7-9-27(18-25)38-6)29(34)20-33(26-14-10-22(3)11-15-26)39(36,37)28-16-12-23(4)13-17-28/h7-18,21,24H,19-20H2,1-6H3,(H,31,35)/t24-/m0/s1. The highest BCUT2D eigenvalue weighted by Crippen LogP contribution is 2.25. The van der Waals surface area contributed by atoms with Gasteiger partial charge in [0.15, 0.2) is 0 Å². The number of benzene rings is 3. The van der Waals surface area contributed by atoms with E-state index in [-0.39, 0.29) is 23.4 Å². The molecule has 3 rings (SSSR count). The number of nitrogens with one attached hydrogen (secondary N) is 1. The van der Waals surface area contributed by atoms with Gasteiger partial charge in [-0.05, 0) is 76.6 Å². The molecule has 0 aliphatic carbocycles. The molecule has 208 valence electrons. The van der Waals surface area contributed by atoms with Crippen LogP contribution in [0.15, 0.2) is 77.7 Å². The molecule has 0 aliphatic heterocycles. The number of carbonyl (C=O) groups excluding carboxylic acids is 2. The number of hydrogen-bond donors (Lipinski definition) is 1. The number of carbonyl (C=O) groups is 2. The van der Waals surface area contributed by atoms with Crippen LogP contribution >= 0.6 is 0 Å². The van der Waals surface area contributed by atoms with Crippen molar-refractivity contribution in [1.29, 1.82) is 0 Å². The van der Waals surface area contributed by atoms with Crippen LogP contribution in [-0.4, -0.2) is 50.9 Å². The van der Waals surface area contributed by atoms with Crippen molar-refractivity contribution < 1.29 is 22.7 Å². The molecule has 0 heterocycles. The van der Waals surface area contributed by atoms with Gasteiger partial charge in [0, 0.05) is 12.6 Å². The number of hydrogen-bond acceptors (Lipinski definition) is 5. The van der Waals surface area contributed by atoms with Gasteiger partial charge in [-0.3, -0.25) is 13.9 Å². The number of methoxy groups -OCH3 is 1. The molecule has 0 spiro atoms. The van der Waals surface area contributed by atoms with Crippen LogP contribution < -0.4 is 14.4 Å². The van der Waals surface area contributed by atoms with Gasteiger partial charge in [0.2, 0.25) is 11.8 Å². The van der Waals surface area contributed by atoms with E-state index < -0.39 is 28.5 Å². The molecule has 0 saturated heterocycles. The normalized spacial score (nSPS) is 12.1. The SMILES string of the molecule is COc1cccc(CN(C(=O)CN(c2ccc(C)cc2)S(=O)(=O)c2ccc(C)cc2)[C@@H](C)C(=O)NC(C)C)c1. The van der Waals surface area contributed by atoms with Gasteiger partial charge in [-0.1, -0.05) is 47.5 Å². The number of sulfonamides is 1. The third-order valence-corrected chi connectivity index (χ3v) is 8.08. The van der Waals surface area contributed by atoms with Crippen LogP contribution in [0.2, 0.25) is 0 Å². The van der Waals surface area contributed by atoms with Crippen molar-refractivity contribution in [2.45, 2.75) is 58.1 Å². The summed E-state index contributed by atoms with van der Waals surface area (Å²) in [5.74, 6) is -0.229. The number of amides is 2. The Labute approximate surface area is 231 Å². The fraction of sp³-hybridized carbons (Fsp3) is 0.333. The Morgan fingerprint density at radius 3 is 2.05 bits per heavy atom. The van der Waals surface area contributed by atoms with Crippen molar-refractivity contribution in [2.75, 3.05) is 18.0 Å². The summed E-state index contributed by atoms with van der Waals surface area (Å²) in [6.45, 7) is 8.70. The van der Waals surface area contributed by atoms with E-state index in [9.17, 15) is 18.0 Å². The highest BCUT2D eigenvalue weighted by Gasteiger charge is 2.32. The molecular weight excluding hydrogens is 514 g/mol. The number of anilines is 1. The zero-order valence-electron chi connectivity index (χ0n) is 23.3. The molecule has 39 heavy (non-hydrogen) atoms. The van der Waals surface area contributed by atoms with Gasteiger partial charge in [-0.15, -0.1) is 0 Å². The van der Waals surface area contributed by atoms with Crippen molar-refractivity contribution in [2.24, 2.45) is 0 Å². The molecular formula is C30H37N3O5S. The van der Waals surface area contributed by atoms with Crippen LogP contribution in [0.5, 0.6) is 5.75 Å². The van der Waals surface area contributed by atoms with Crippen LogP contribution in [0.1, 0.15) is 37.5 Å². The first kappa shape index (κ1) is 29.7. The minimum absolute atomic E-state index is 0.0754. The maximum atomic E-state index is 13.9. The van der Waals surface area contributed by atoms with Crippen LogP contribution in [0, 0.1) is 13.8 Å². The minimum Gasteiger partial charge on any atom is -0.497 e. The second-order valence-electron chi connectivity index (χ2n) is 9.87. The molecule has 3 aromatic carbocycles. The van der Waals surface area contributed by atoms with Gasteiger partial charge in [-0.25, -0.2) is 8.42 Å². The molecule has 0 radical (unpaired) electrons. The third kappa shape index (κ3) is 7.60. The monoisotopic (exact) mass is 551 g/mol. The Hall–Kier alpha value is -3.85. The summed E-state index contributed by atoms with van der Waals surface area (Å²) in [6, 6.07) is 19.7. The first-order valence-corrected chi connectivity index (χ1v) is 14.2. The molecule has 1 atom stereocenters. The van der Waals surface area contributed by atoms with Crippen molar-refractivity contribution in [1.82, 2.24) is 10.2 Å². The average molecular weight is 552 g/mol. The molecule has 0 aliphatic rings. The number of rotatable bonds is 11. The van der Waals surface area contributed by atoms with Crippen LogP contribution in [0.3, 0.4) is 0 Å². The smallest absolute Gasteiger partial charge is 0.264 e. The summed E-state index contributed by atoms with van der Waals surface area (Å²) in [5, 5.41) is 2.85. The first-order valence-electron chi connectivity index (χ1n) is 12.8. The lowest BCUT2D eigenvalue weighted by Crippen LogP contribution is -2.52. The second-order valence-corrected chi connectivity index (χ2v) is 11.7. The number of nitrogens with zero attached hydrogens (tertiary/aromatic N) is 2. The molecule has 0 fully saturated rings. The number of ether oxygens (including phenoxy) is 1. The Morgan fingerprint density at radius 1 is 0.897 bits per heavy atom. The van der Waals surface area contributed by atoms with E-state index in [1.165, 1.54) is 17.0 Å². The van der Waals surface area contributed by atoms with E-state index in [1.54, 1.807) is 68.6 Å². The second kappa shape index (κ2) is 12.8. The molecule has 0 bridgehead atoms. The molecule has 1 N–H and O–H groups in total. The maximum Gasteiger partial charge on any atom is 0.264 e. The van der Waals surface area contributed by atoms with Gasteiger partial charge in [0.1, 0.15) is 18.3 Å². The van der Waals surface area contributed by atoms with Gasteiger partial charge in [0.25, 0.3) is 10.0 Å². The minimum atomic E-state index is -4.10. The van der Waals surface area contributed by atoms with Crippen molar-refractivity contribution in [3.8, 4) is 5.75 Å². The van der Waals surface area contributed by atoms with E-state index in [4.69, 9.17) is 4.74 Å². The van der Waals surface area contributed by atoms with Crippen LogP contribution in [0.25, 0.3) is 0 Å². The van der Waals surface area contributed by atoms with Crippen molar-refractivity contribution >= 4 is 27.5 Å². The fourth-order valence-corrected chi connectivity index (χ4v) is 5.45.